The standard InChI is InChI=1S/C5HCl5O2/c6-1-2(7)3(8)4(9)5(11)12-10/h1H. The van der Waals surface area contributed by atoms with Crippen LogP contribution in [-0.2, 0) is 9.08 Å². The molecular weight excluding hydrogens is 269 g/mol. The molecule has 12 heavy (non-hydrogen) atoms. The third kappa shape index (κ3) is 3.42. The monoisotopic (exact) mass is 268 g/mol. The number of hydrogen-bond acceptors (Lipinski definition) is 2. The summed E-state index contributed by atoms with van der Waals surface area (Å²) in [5.74, 6) is -1.000. The van der Waals surface area contributed by atoms with Crippen LogP contribution in [0, 0.1) is 0 Å². The Morgan fingerprint density at radius 1 is 1.17 bits per heavy atom. The average Bonchev–Trinajstić information content (AvgIpc) is 2.12. The van der Waals surface area contributed by atoms with Gasteiger partial charge in [0.05, 0.1) is 10.1 Å². The minimum absolute atomic E-state index is 0.0783. The Morgan fingerprint density at radius 2 is 1.67 bits per heavy atom. The average molecular weight is 270 g/mol. The fourth-order valence-corrected chi connectivity index (χ4v) is 0.973. The smallest absolute Gasteiger partial charge is 0.342 e. The van der Waals surface area contributed by atoms with Gasteiger partial charge in [-0.05, 0) is 0 Å². The highest BCUT2D eigenvalue weighted by molar-refractivity contribution is 6.54. The van der Waals surface area contributed by atoms with Gasteiger partial charge < -0.3 is 4.29 Å². The molecule has 2 nitrogen and oxygen atoms in total. The predicted octanol–water partition coefficient (Wildman–Crippen LogP) is 3.69. The topological polar surface area (TPSA) is 26.3 Å². The molecule has 0 fully saturated rings. The van der Waals surface area contributed by atoms with Gasteiger partial charge in [0.2, 0.25) is 0 Å². The SMILES string of the molecule is O=C(OCl)C(Cl)=C(Cl)C(Cl)=CCl. The third-order valence-electron chi connectivity index (χ3n) is 0.747. The molecule has 0 unspecified atom stereocenters. The molecule has 0 aliphatic rings. The maximum atomic E-state index is 10.6. The first-order valence-electron chi connectivity index (χ1n) is 2.39. The summed E-state index contributed by atoms with van der Waals surface area (Å²) in [4.78, 5) is 10.6. The van der Waals surface area contributed by atoms with Gasteiger partial charge in [-0.15, -0.1) is 0 Å². The molecule has 0 saturated heterocycles. The summed E-state index contributed by atoms with van der Waals surface area (Å²) in [5, 5.41) is -0.738. The van der Waals surface area contributed by atoms with Crippen LogP contribution in [0.4, 0.5) is 0 Å². The number of halogens is 5. The second kappa shape index (κ2) is 5.95. The molecule has 0 aliphatic heterocycles. The van der Waals surface area contributed by atoms with E-state index in [0.717, 1.165) is 5.54 Å². The molecule has 0 bridgehead atoms. The number of carbonyl (C=O) groups excluding carboxylic acids is 1. The van der Waals surface area contributed by atoms with Crippen LogP contribution >= 0.6 is 58.3 Å². The second-order valence-electron chi connectivity index (χ2n) is 1.45. The summed E-state index contributed by atoms with van der Waals surface area (Å²) in [6.07, 6.45) is 0. The second-order valence-corrected chi connectivity index (χ2v) is 2.99. The zero-order valence-electron chi connectivity index (χ0n) is 5.28. The Balaban J connectivity index is 4.81. The van der Waals surface area contributed by atoms with Gasteiger partial charge in [-0.25, -0.2) is 4.79 Å². The number of allylic oxidation sites excluding steroid dienone is 2. The Kier molecular flexibility index (Phi) is 6.14. The zero-order chi connectivity index (χ0) is 9.72. The Hall–Kier alpha value is 0.400. The van der Waals surface area contributed by atoms with E-state index in [1.165, 1.54) is 0 Å². The van der Waals surface area contributed by atoms with Crippen LogP contribution in [0.3, 0.4) is 0 Å². The van der Waals surface area contributed by atoms with E-state index in [2.05, 4.69) is 4.29 Å². The highest BCUT2D eigenvalue weighted by Crippen LogP contribution is 2.26. The van der Waals surface area contributed by atoms with Gasteiger partial charge in [-0.1, -0.05) is 46.4 Å². The molecule has 0 aromatic heterocycles. The van der Waals surface area contributed by atoms with Crippen LogP contribution in [0.2, 0.25) is 0 Å². The highest BCUT2D eigenvalue weighted by atomic mass is 35.5. The summed E-state index contributed by atoms with van der Waals surface area (Å²) >= 11 is 26.1. The van der Waals surface area contributed by atoms with Crippen LogP contribution in [0.15, 0.2) is 20.6 Å². The molecule has 7 heteroatoms. The van der Waals surface area contributed by atoms with E-state index in [1.54, 1.807) is 0 Å². The lowest BCUT2D eigenvalue weighted by atomic mass is 10.5. The van der Waals surface area contributed by atoms with Crippen molar-refractivity contribution in [2.75, 3.05) is 0 Å². The number of hydrogen-bond donors (Lipinski definition) is 0. The fraction of sp³-hybridized carbons (Fsp3) is 0. The summed E-state index contributed by atoms with van der Waals surface area (Å²) in [6, 6.07) is 0. The van der Waals surface area contributed by atoms with Gasteiger partial charge in [0, 0.05) is 5.54 Å². The number of carbonyl (C=O) groups is 1. The third-order valence-corrected chi connectivity index (χ3v) is 2.44. The van der Waals surface area contributed by atoms with E-state index in [1.807, 2.05) is 0 Å². The van der Waals surface area contributed by atoms with Gasteiger partial charge in [0.25, 0.3) is 0 Å². The number of rotatable bonds is 2. The first-order valence-corrected chi connectivity index (χ1v) is 4.27. The first-order chi connectivity index (χ1) is 5.54. The molecule has 0 spiro atoms. The van der Waals surface area contributed by atoms with E-state index >= 15 is 0 Å². The lowest BCUT2D eigenvalue weighted by Crippen LogP contribution is -1.98. The maximum absolute atomic E-state index is 10.6. The minimum Gasteiger partial charge on any atom is -0.342 e. The van der Waals surface area contributed by atoms with Crippen LogP contribution < -0.4 is 0 Å². The predicted molar refractivity (Wildman–Crippen MR) is 50.5 cm³/mol. The Morgan fingerprint density at radius 3 is 2.00 bits per heavy atom. The largest absolute Gasteiger partial charge is 0.369 e. The maximum Gasteiger partial charge on any atom is 0.369 e. The Labute approximate surface area is 93.8 Å². The van der Waals surface area contributed by atoms with Crippen molar-refractivity contribution in [3.63, 3.8) is 0 Å². The molecule has 0 N–H and O–H groups in total. The van der Waals surface area contributed by atoms with Crippen molar-refractivity contribution >= 4 is 64.2 Å². The van der Waals surface area contributed by atoms with Gasteiger partial charge in [-0.2, -0.15) is 0 Å². The van der Waals surface area contributed by atoms with E-state index in [4.69, 9.17) is 58.3 Å². The van der Waals surface area contributed by atoms with E-state index in [9.17, 15) is 4.79 Å². The summed E-state index contributed by atoms with van der Waals surface area (Å²) in [7, 11) is 0. The normalized spacial score (nSPS) is 13.9. The molecule has 0 atom stereocenters. The summed E-state index contributed by atoms with van der Waals surface area (Å²) in [6.45, 7) is 0. The molecule has 0 aromatic rings. The molecule has 68 valence electrons. The van der Waals surface area contributed by atoms with Gasteiger partial charge in [-0.3, -0.25) is 0 Å². The van der Waals surface area contributed by atoms with Crippen LogP contribution in [0.1, 0.15) is 0 Å². The molecule has 0 aliphatic carbocycles. The zero-order valence-corrected chi connectivity index (χ0v) is 9.06. The lowest BCUT2D eigenvalue weighted by Gasteiger charge is -1.97. The molecule has 0 aromatic carbocycles. The molecule has 0 heterocycles. The summed E-state index contributed by atoms with van der Waals surface area (Å²) < 4.78 is 3.76. The summed E-state index contributed by atoms with van der Waals surface area (Å²) in [5.41, 5.74) is 0.952. The van der Waals surface area contributed by atoms with Crippen molar-refractivity contribution in [3.05, 3.63) is 20.6 Å². The molecular formula is C5HCl5O2. The van der Waals surface area contributed by atoms with E-state index in [0.29, 0.717) is 0 Å². The Bertz CT molecular complexity index is 244. The molecule has 0 saturated carbocycles. The molecule has 0 amide bonds. The van der Waals surface area contributed by atoms with E-state index in [-0.39, 0.29) is 10.1 Å². The minimum atomic E-state index is -1.000. The van der Waals surface area contributed by atoms with Crippen LogP contribution in [-0.4, -0.2) is 5.97 Å². The van der Waals surface area contributed by atoms with Crippen molar-refractivity contribution in [1.29, 1.82) is 0 Å². The van der Waals surface area contributed by atoms with Crippen molar-refractivity contribution in [2.24, 2.45) is 0 Å². The van der Waals surface area contributed by atoms with Crippen molar-refractivity contribution in [2.45, 2.75) is 0 Å². The highest BCUT2D eigenvalue weighted by Gasteiger charge is 2.15. The van der Waals surface area contributed by atoms with Gasteiger partial charge >= 0.3 is 5.97 Å². The molecule has 0 rings (SSSR count). The van der Waals surface area contributed by atoms with Gasteiger partial charge in [0.1, 0.15) is 16.9 Å². The van der Waals surface area contributed by atoms with Crippen molar-refractivity contribution < 1.29 is 9.08 Å². The lowest BCUT2D eigenvalue weighted by molar-refractivity contribution is -0.129. The first kappa shape index (κ1) is 12.4. The molecule has 0 radical (unpaired) electrons. The van der Waals surface area contributed by atoms with Gasteiger partial charge in [0.15, 0.2) is 0 Å². The van der Waals surface area contributed by atoms with Crippen LogP contribution in [0.5, 0.6) is 0 Å². The van der Waals surface area contributed by atoms with Crippen molar-refractivity contribution in [3.8, 4) is 0 Å². The van der Waals surface area contributed by atoms with Crippen LogP contribution in [0.25, 0.3) is 0 Å². The van der Waals surface area contributed by atoms with Crippen molar-refractivity contribution in [1.82, 2.24) is 0 Å². The van der Waals surface area contributed by atoms with E-state index < -0.39 is 11.0 Å². The quantitative estimate of drug-likeness (QED) is 0.565. The fourth-order valence-electron chi connectivity index (χ4n) is 0.276.